The Kier molecular flexibility index (Phi) is 6.86. The van der Waals surface area contributed by atoms with Crippen LogP contribution in [0.25, 0.3) is 11.4 Å². The molecule has 2 aromatic carbocycles. The summed E-state index contributed by atoms with van der Waals surface area (Å²) >= 11 is 5.90. The van der Waals surface area contributed by atoms with Crippen molar-refractivity contribution in [1.82, 2.24) is 30.4 Å². The molecule has 2 heterocycles. The highest BCUT2D eigenvalue weighted by molar-refractivity contribution is 6.30. The van der Waals surface area contributed by atoms with Crippen molar-refractivity contribution >= 4 is 17.5 Å². The molecule has 4 rings (SSSR count). The molecule has 1 fully saturated rings. The maximum absolute atomic E-state index is 13.4. The first-order chi connectivity index (χ1) is 15.1. The molecular weight excluding hydrogens is 423 g/mol. The summed E-state index contributed by atoms with van der Waals surface area (Å²) < 4.78 is 18.8. The Balaban J connectivity index is 1.38. The third-order valence-electron chi connectivity index (χ3n) is 5.07. The summed E-state index contributed by atoms with van der Waals surface area (Å²) in [5.41, 5.74) is 1.70. The first-order valence-corrected chi connectivity index (χ1v) is 10.3. The molecule has 31 heavy (non-hydrogen) atoms. The molecule has 1 aromatic heterocycles. The number of tetrazole rings is 1. The molecule has 0 saturated carbocycles. The minimum Gasteiger partial charge on any atom is -0.379 e. The molecule has 0 spiro atoms. The zero-order chi connectivity index (χ0) is 21.6. The summed E-state index contributed by atoms with van der Waals surface area (Å²) in [7, 11) is 0. The maximum atomic E-state index is 13.4. The molecule has 1 unspecified atom stereocenters. The largest absolute Gasteiger partial charge is 0.379 e. The molecule has 10 heteroatoms. The molecule has 1 N–H and O–H groups in total. The number of hydrogen-bond donors (Lipinski definition) is 1. The molecule has 162 valence electrons. The number of rotatable bonds is 7. The lowest BCUT2D eigenvalue weighted by Crippen LogP contribution is -2.44. The molecule has 0 bridgehead atoms. The summed E-state index contributed by atoms with van der Waals surface area (Å²) in [6.45, 7) is 3.06. The van der Waals surface area contributed by atoms with Gasteiger partial charge in [-0.1, -0.05) is 23.7 Å². The van der Waals surface area contributed by atoms with E-state index in [0.717, 1.165) is 24.2 Å². The average molecular weight is 445 g/mol. The number of nitrogens with one attached hydrogen (secondary N) is 1. The fourth-order valence-corrected chi connectivity index (χ4v) is 3.58. The minimum absolute atomic E-state index is 0.0557. The van der Waals surface area contributed by atoms with Gasteiger partial charge in [-0.25, -0.2) is 4.39 Å². The summed E-state index contributed by atoms with van der Waals surface area (Å²) in [5.74, 6) is -0.107. The molecule has 3 aromatic rings. The number of carbonyl (C=O) groups excluding carboxylic acids is 1. The van der Waals surface area contributed by atoms with Crippen LogP contribution in [0, 0.1) is 5.82 Å². The first kappa shape index (κ1) is 21.4. The van der Waals surface area contributed by atoms with Gasteiger partial charge in [-0.15, -0.1) is 10.2 Å². The number of carbonyl (C=O) groups is 1. The number of ether oxygens (including phenoxy) is 1. The summed E-state index contributed by atoms with van der Waals surface area (Å²) in [6, 6.07) is 13.3. The van der Waals surface area contributed by atoms with E-state index >= 15 is 0 Å². The third-order valence-corrected chi connectivity index (χ3v) is 5.33. The fourth-order valence-electron chi connectivity index (χ4n) is 3.45. The molecule has 1 amide bonds. The molecule has 0 aliphatic carbocycles. The normalized spacial score (nSPS) is 15.5. The van der Waals surface area contributed by atoms with Crippen LogP contribution < -0.4 is 5.32 Å². The molecule has 1 saturated heterocycles. The Morgan fingerprint density at radius 2 is 1.84 bits per heavy atom. The van der Waals surface area contributed by atoms with Crippen molar-refractivity contribution in [1.29, 1.82) is 0 Å². The summed E-state index contributed by atoms with van der Waals surface area (Å²) in [5, 5.41) is 15.8. The third kappa shape index (κ3) is 5.63. The standard InChI is InChI=1S/C21H22ClFN6O2/c22-17-5-1-16(2-6-17)21-25-27-29(26-21)14-20(30)24-13-19(28-9-11-31-12-10-28)15-3-7-18(23)8-4-15/h1-8,19H,9-14H2,(H,24,30). The van der Waals surface area contributed by atoms with E-state index in [1.54, 1.807) is 36.4 Å². The lowest BCUT2D eigenvalue weighted by molar-refractivity contribution is -0.122. The Morgan fingerprint density at radius 3 is 2.55 bits per heavy atom. The topological polar surface area (TPSA) is 85.2 Å². The zero-order valence-electron chi connectivity index (χ0n) is 16.7. The van der Waals surface area contributed by atoms with Gasteiger partial charge in [0.1, 0.15) is 12.4 Å². The number of hydrogen-bond acceptors (Lipinski definition) is 6. The second-order valence-electron chi connectivity index (χ2n) is 7.17. The van der Waals surface area contributed by atoms with Crippen LogP contribution in [0.5, 0.6) is 0 Å². The lowest BCUT2D eigenvalue weighted by atomic mass is 10.0. The van der Waals surface area contributed by atoms with Crippen LogP contribution in [-0.4, -0.2) is 63.9 Å². The van der Waals surface area contributed by atoms with Crippen molar-refractivity contribution in [2.45, 2.75) is 12.6 Å². The Labute approximate surface area is 183 Å². The number of morpholine rings is 1. The van der Waals surface area contributed by atoms with Crippen molar-refractivity contribution in [2.24, 2.45) is 0 Å². The van der Waals surface area contributed by atoms with E-state index in [2.05, 4.69) is 25.6 Å². The van der Waals surface area contributed by atoms with Crippen LogP contribution in [0.3, 0.4) is 0 Å². The average Bonchev–Trinajstić information content (AvgIpc) is 3.24. The van der Waals surface area contributed by atoms with Crippen LogP contribution >= 0.6 is 11.6 Å². The van der Waals surface area contributed by atoms with Gasteiger partial charge in [-0.2, -0.15) is 4.80 Å². The highest BCUT2D eigenvalue weighted by atomic mass is 35.5. The molecule has 1 aliphatic heterocycles. The lowest BCUT2D eigenvalue weighted by Gasteiger charge is -2.34. The minimum atomic E-state index is -0.290. The van der Waals surface area contributed by atoms with Gasteiger partial charge in [-0.3, -0.25) is 9.69 Å². The predicted octanol–water partition coefficient (Wildman–Crippen LogP) is 2.32. The van der Waals surface area contributed by atoms with Crippen LogP contribution in [0.4, 0.5) is 4.39 Å². The maximum Gasteiger partial charge on any atom is 0.243 e. The summed E-state index contributed by atoms with van der Waals surface area (Å²) in [6.07, 6.45) is 0. The van der Waals surface area contributed by atoms with E-state index in [1.165, 1.54) is 16.9 Å². The number of halogens is 2. The highest BCUT2D eigenvalue weighted by Gasteiger charge is 2.23. The summed E-state index contributed by atoms with van der Waals surface area (Å²) in [4.78, 5) is 16.0. The number of nitrogens with zero attached hydrogens (tertiary/aromatic N) is 5. The fraction of sp³-hybridized carbons (Fsp3) is 0.333. The van der Waals surface area contributed by atoms with Crippen molar-refractivity contribution in [3.05, 3.63) is 64.9 Å². The van der Waals surface area contributed by atoms with Crippen molar-refractivity contribution in [2.75, 3.05) is 32.8 Å². The predicted molar refractivity (Wildman–Crippen MR) is 113 cm³/mol. The van der Waals surface area contributed by atoms with Gasteiger partial charge in [0.05, 0.1) is 19.3 Å². The van der Waals surface area contributed by atoms with E-state index in [9.17, 15) is 9.18 Å². The van der Waals surface area contributed by atoms with E-state index in [1.807, 2.05) is 0 Å². The van der Waals surface area contributed by atoms with Gasteiger partial charge in [0.25, 0.3) is 0 Å². The quantitative estimate of drug-likeness (QED) is 0.602. The molecular formula is C21H22ClFN6O2. The van der Waals surface area contributed by atoms with E-state index < -0.39 is 0 Å². The van der Waals surface area contributed by atoms with Crippen molar-refractivity contribution in [3.63, 3.8) is 0 Å². The van der Waals surface area contributed by atoms with Crippen LogP contribution in [0.15, 0.2) is 48.5 Å². The molecule has 1 atom stereocenters. The van der Waals surface area contributed by atoms with Crippen LogP contribution in [-0.2, 0) is 16.1 Å². The smallest absolute Gasteiger partial charge is 0.243 e. The van der Waals surface area contributed by atoms with E-state index in [0.29, 0.717) is 30.6 Å². The highest BCUT2D eigenvalue weighted by Crippen LogP contribution is 2.22. The molecule has 1 aliphatic rings. The Morgan fingerprint density at radius 1 is 1.13 bits per heavy atom. The van der Waals surface area contributed by atoms with Gasteiger partial charge < -0.3 is 10.1 Å². The number of benzene rings is 2. The molecule has 8 nitrogen and oxygen atoms in total. The van der Waals surface area contributed by atoms with Gasteiger partial charge in [0.2, 0.25) is 11.7 Å². The van der Waals surface area contributed by atoms with Crippen molar-refractivity contribution < 1.29 is 13.9 Å². The van der Waals surface area contributed by atoms with Gasteiger partial charge in [0.15, 0.2) is 0 Å². The van der Waals surface area contributed by atoms with Gasteiger partial charge in [-0.05, 0) is 47.2 Å². The van der Waals surface area contributed by atoms with E-state index in [4.69, 9.17) is 16.3 Å². The number of aromatic nitrogens is 4. The monoisotopic (exact) mass is 444 g/mol. The van der Waals surface area contributed by atoms with Gasteiger partial charge >= 0.3 is 0 Å². The number of amides is 1. The van der Waals surface area contributed by atoms with E-state index in [-0.39, 0.29) is 24.3 Å². The Bertz CT molecular complexity index is 1010. The van der Waals surface area contributed by atoms with Crippen LogP contribution in [0.1, 0.15) is 11.6 Å². The SMILES string of the molecule is O=C(Cn1nnc(-c2ccc(Cl)cc2)n1)NCC(c1ccc(F)cc1)N1CCOCC1. The van der Waals surface area contributed by atoms with Gasteiger partial charge in [0, 0.05) is 30.2 Å². The van der Waals surface area contributed by atoms with Crippen LogP contribution in [0.2, 0.25) is 5.02 Å². The second kappa shape index (κ2) is 9.95. The van der Waals surface area contributed by atoms with Crippen molar-refractivity contribution in [3.8, 4) is 11.4 Å². The second-order valence-corrected chi connectivity index (χ2v) is 7.61. The first-order valence-electron chi connectivity index (χ1n) is 9.96. The Hall–Kier alpha value is -2.88. The zero-order valence-corrected chi connectivity index (χ0v) is 17.5. The molecule has 0 radical (unpaired) electrons.